The molecule has 2 atom stereocenters. The largest absolute Gasteiger partial charge is 0.513 e. The van der Waals surface area contributed by atoms with Gasteiger partial charge in [0.05, 0.1) is 11.1 Å². The Bertz CT molecular complexity index is 906. The van der Waals surface area contributed by atoms with E-state index < -0.39 is 30.7 Å². The van der Waals surface area contributed by atoms with Gasteiger partial charge in [0, 0.05) is 13.8 Å². The normalized spacial score (nSPS) is 12.4. The van der Waals surface area contributed by atoms with Gasteiger partial charge in [0.2, 0.25) is 12.6 Å². The molecule has 2 rings (SSSR count). The van der Waals surface area contributed by atoms with Crippen LogP contribution in [-0.2, 0) is 29.0 Å². The molecule has 2 aromatic rings. The number of carbonyl (C=O) groups excluding carboxylic acids is 3. The molecule has 172 valence electrons. The second-order valence-electron chi connectivity index (χ2n) is 7.19. The van der Waals surface area contributed by atoms with E-state index in [-0.39, 0.29) is 0 Å². The molecule has 0 fully saturated rings. The maximum absolute atomic E-state index is 12.1. The van der Waals surface area contributed by atoms with E-state index in [0.717, 1.165) is 11.1 Å². The molecule has 0 bridgehead atoms. The van der Waals surface area contributed by atoms with Crippen molar-refractivity contribution in [3.05, 3.63) is 69.8 Å². The zero-order valence-electron chi connectivity index (χ0n) is 18.8. The van der Waals surface area contributed by atoms with Crippen molar-refractivity contribution in [2.24, 2.45) is 0 Å². The van der Waals surface area contributed by atoms with Crippen LogP contribution >= 0.6 is 0 Å². The SMILES string of the molecule is Cc1ccc(C(=O)OOC(C)OC(=O)OC(C)OOC(=O)c2ccc(C)cc2C)c(C)c1. The van der Waals surface area contributed by atoms with Crippen molar-refractivity contribution in [2.45, 2.75) is 54.1 Å². The van der Waals surface area contributed by atoms with Crippen LogP contribution in [0.3, 0.4) is 0 Å². The molecular weight excluding hydrogens is 420 g/mol. The van der Waals surface area contributed by atoms with Crippen molar-refractivity contribution >= 4 is 18.1 Å². The molecule has 2 aromatic carbocycles. The van der Waals surface area contributed by atoms with Crippen molar-refractivity contribution in [1.82, 2.24) is 0 Å². The minimum absolute atomic E-state index is 0.318. The summed E-state index contributed by atoms with van der Waals surface area (Å²) in [5, 5.41) is 0. The van der Waals surface area contributed by atoms with Gasteiger partial charge in [0.1, 0.15) is 0 Å². The van der Waals surface area contributed by atoms with Crippen LogP contribution in [0.5, 0.6) is 0 Å². The van der Waals surface area contributed by atoms with Gasteiger partial charge in [-0.15, -0.1) is 9.78 Å². The molecule has 0 amide bonds. The highest BCUT2D eigenvalue weighted by Gasteiger charge is 2.20. The maximum atomic E-state index is 12.1. The highest BCUT2D eigenvalue weighted by Crippen LogP contribution is 2.14. The monoisotopic (exact) mass is 446 g/mol. The smallest absolute Gasteiger partial charge is 0.401 e. The number of benzene rings is 2. The number of carbonyl (C=O) groups is 3. The van der Waals surface area contributed by atoms with E-state index in [1.165, 1.54) is 13.8 Å². The van der Waals surface area contributed by atoms with E-state index >= 15 is 0 Å². The number of hydrogen-bond acceptors (Lipinski definition) is 9. The van der Waals surface area contributed by atoms with Gasteiger partial charge in [-0.05, 0) is 51.0 Å². The summed E-state index contributed by atoms with van der Waals surface area (Å²) >= 11 is 0. The maximum Gasteiger partial charge on any atom is 0.513 e. The highest BCUT2D eigenvalue weighted by molar-refractivity contribution is 5.91. The summed E-state index contributed by atoms with van der Waals surface area (Å²) in [6.45, 7) is 9.96. The predicted octanol–water partition coefficient (Wildman–Crippen LogP) is 4.64. The Morgan fingerprint density at radius 2 is 1.03 bits per heavy atom. The molecule has 0 aliphatic heterocycles. The summed E-state index contributed by atoms with van der Waals surface area (Å²) in [5.74, 6) is -1.47. The Hall–Kier alpha value is -3.43. The summed E-state index contributed by atoms with van der Waals surface area (Å²) in [7, 11) is 0. The van der Waals surface area contributed by atoms with Gasteiger partial charge >= 0.3 is 18.1 Å². The number of hydrogen-bond donors (Lipinski definition) is 0. The summed E-state index contributed by atoms with van der Waals surface area (Å²) in [6.07, 6.45) is -3.71. The van der Waals surface area contributed by atoms with Crippen molar-refractivity contribution in [1.29, 1.82) is 0 Å². The average Bonchev–Trinajstić information content (AvgIpc) is 2.70. The molecule has 32 heavy (non-hydrogen) atoms. The fraction of sp³-hybridized carbons (Fsp3) is 0.348. The molecular formula is C23H26O9. The van der Waals surface area contributed by atoms with Crippen LogP contribution < -0.4 is 0 Å². The van der Waals surface area contributed by atoms with Crippen LogP contribution in [-0.4, -0.2) is 30.7 Å². The Labute approximate surface area is 186 Å². The molecule has 0 radical (unpaired) electrons. The van der Waals surface area contributed by atoms with Crippen molar-refractivity contribution in [3.8, 4) is 0 Å². The lowest BCUT2D eigenvalue weighted by Crippen LogP contribution is -2.25. The molecule has 0 N–H and O–H groups in total. The second kappa shape index (κ2) is 11.3. The molecule has 0 spiro atoms. The van der Waals surface area contributed by atoms with Gasteiger partial charge in [-0.1, -0.05) is 35.4 Å². The van der Waals surface area contributed by atoms with E-state index in [4.69, 9.17) is 29.0 Å². The third-order valence-corrected chi connectivity index (χ3v) is 4.25. The molecule has 9 heteroatoms. The van der Waals surface area contributed by atoms with E-state index in [0.29, 0.717) is 22.3 Å². The second-order valence-corrected chi connectivity index (χ2v) is 7.19. The molecule has 0 aliphatic carbocycles. The lowest BCUT2D eigenvalue weighted by atomic mass is 10.1. The molecule has 0 saturated heterocycles. The Balaban J connectivity index is 1.74. The summed E-state index contributed by atoms with van der Waals surface area (Å²) in [5.41, 5.74) is 4.06. The van der Waals surface area contributed by atoms with E-state index in [1.807, 2.05) is 26.0 Å². The van der Waals surface area contributed by atoms with E-state index in [2.05, 4.69) is 0 Å². The molecule has 0 saturated carbocycles. The van der Waals surface area contributed by atoms with E-state index in [1.54, 1.807) is 38.1 Å². The van der Waals surface area contributed by atoms with Crippen LogP contribution in [0.4, 0.5) is 4.79 Å². The quantitative estimate of drug-likeness (QED) is 0.248. The van der Waals surface area contributed by atoms with Crippen LogP contribution in [0.2, 0.25) is 0 Å². The van der Waals surface area contributed by atoms with Crippen LogP contribution in [0, 0.1) is 27.7 Å². The van der Waals surface area contributed by atoms with Gasteiger partial charge in [-0.2, -0.15) is 0 Å². The minimum atomic E-state index is -1.26. The van der Waals surface area contributed by atoms with Crippen molar-refractivity contribution in [3.63, 3.8) is 0 Å². The predicted molar refractivity (Wildman–Crippen MR) is 111 cm³/mol. The zero-order chi connectivity index (χ0) is 23.8. The topological polar surface area (TPSA) is 107 Å². The number of rotatable bonds is 8. The fourth-order valence-corrected chi connectivity index (χ4v) is 2.74. The molecule has 0 aromatic heterocycles. The average molecular weight is 446 g/mol. The van der Waals surface area contributed by atoms with Gasteiger partial charge in [-0.25, -0.2) is 14.4 Å². The highest BCUT2D eigenvalue weighted by atomic mass is 17.2. The van der Waals surface area contributed by atoms with Gasteiger partial charge in [0.15, 0.2) is 0 Å². The van der Waals surface area contributed by atoms with Crippen molar-refractivity contribution in [2.75, 3.05) is 0 Å². The third-order valence-electron chi connectivity index (χ3n) is 4.25. The molecule has 9 nitrogen and oxygen atoms in total. The first kappa shape index (κ1) is 24.8. The van der Waals surface area contributed by atoms with Gasteiger partial charge < -0.3 is 9.47 Å². The third kappa shape index (κ3) is 7.36. The molecule has 2 unspecified atom stereocenters. The first-order chi connectivity index (χ1) is 15.1. The number of aryl methyl sites for hydroxylation is 4. The minimum Gasteiger partial charge on any atom is -0.401 e. The van der Waals surface area contributed by atoms with Crippen LogP contribution in [0.15, 0.2) is 36.4 Å². The van der Waals surface area contributed by atoms with Crippen LogP contribution in [0.1, 0.15) is 56.8 Å². The Kier molecular flexibility index (Phi) is 8.74. The van der Waals surface area contributed by atoms with E-state index in [9.17, 15) is 14.4 Å². The standard InChI is InChI=1S/C23H26O9/c1-13-7-9-19(15(3)11-13)21(24)31-29-17(5)27-23(26)28-18(6)30-32-22(25)20-10-8-14(2)12-16(20)4/h7-12,17-18H,1-6H3. The van der Waals surface area contributed by atoms with Crippen molar-refractivity contribution < 1.29 is 43.4 Å². The number of ether oxygens (including phenoxy) is 2. The lowest BCUT2D eigenvalue weighted by Gasteiger charge is -2.15. The first-order valence-corrected chi connectivity index (χ1v) is 9.84. The Morgan fingerprint density at radius 3 is 1.38 bits per heavy atom. The van der Waals surface area contributed by atoms with Gasteiger partial charge in [-0.3, -0.25) is 9.78 Å². The zero-order valence-corrected chi connectivity index (χ0v) is 18.8. The Morgan fingerprint density at radius 1 is 0.656 bits per heavy atom. The summed E-state index contributed by atoms with van der Waals surface area (Å²) < 4.78 is 9.60. The van der Waals surface area contributed by atoms with Crippen LogP contribution in [0.25, 0.3) is 0 Å². The lowest BCUT2D eigenvalue weighted by molar-refractivity contribution is -0.340. The molecule has 0 aliphatic rings. The van der Waals surface area contributed by atoms with Gasteiger partial charge in [0.25, 0.3) is 0 Å². The summed E-state index contributed by atoms with van der Waals surface area (Å²) in [4.78, 5) is 54.9. The molecule has 0 heterocycles. The fourth-order valence-electron chi connectivity index (χ4n) is 2.74. The summed E-state index contributed by atoms with van der Waals surface area (Å²) in [6, 6.07) is 10.4. The first-order valence-electron chi connectivity index (χ1n) is 9.84.